The van der Waals surface area contributed by atoms with Crippen LogP contribution in [-0.4, -0.2) is 14.1 Å². The number of aryl methyl sites for hydroxylation is 1. The molecule has 1 saturated carbocycles. The third-order valence-corrected chi connectivity index (χ3v) is 5.63. The van der Waals surface area contributed by atoms with Crippen LogP contribution >= 0.6 is 0 Å². The second-order valence-electron chi connectivity index (χ2n) is 6.75. The monoisotopic (exact) mass is 322 g/mol. The summed E-state index contributed by atoms with van der Waals surface area (Å²) in [5.74, 6) is 1.42. The Balaban J connectivity index is 2.19. The van der Waals surface area contributed by atoms with Gasteiger partial charge in [-0.2, -0.15) is 13.5 Å². The van der Waals surface area contributed by atoms with Gasteiger partial charge in [0.2, 0.25) is 0 Å². The van der Waals surface area contributed by atoms with Crippen LogP contribution < -0.4 is 4.83 Å². The standard InChI is InChI=1S/C17H26N2O2S/c1-12(2)16-10-7-14(4)11-17(16)18-19-22(20,21)15-8-5-13(3)6-9-15/h5-6,8-9,12,14,16,19H,7,10-11H2,1-4H3/b18-17+/t14-,16-/m1/s1. The van der Waals surface area contributed by atoms with Crippen molar-refractivity contribution in [1.29, 1.82) is 0 Å². The van der Waals surface area contributed by atoms with Crippen LogP contribution in [0.15, 0.2) is 34.3 Å². The van der Waals surface area contributed by atoms with Crippen molar-refractivity contribution in [3.05, 3.63) is 29.8 Å². The second-order valence-corrected chi connectivity index (χ2v) is 8.41. The Labute approximate surface area is 134 Å². The molecule has 2 rings (SSSR count). The van der Waals surface area contributed by atoms with E-state index >= 15 is 0 Å². The van der Waals surface area contributed by atoms with Crippen LogP contribution in [-0.2, 0) is 10.0 Å². The van der Waals surface area contributed by atoms with Gasteiger partial charge in [0, 0.05) is 11.6 Å². The van der Waals surface area contributed by atoms with E-state index in [4.69, 9.17) is 0 Å². The summed E-state index contributed by atoms with van der Waals surface area (Å²) in [6.45, 7) is 8.47. The number of rotatable bonds is 4. The maximum Gasteiger partial charge on any atom is 0.276 e. The molecule has 5 heteroatoms. The summed E-state index contributed by atoms with van der Waals surface area (Å²) in [4.78, 5) is 2.69. The van der Waals surface area contributed by atoms with E-state index in [1.54, 1.807) is 24.3 Å². The summed E-state index contributed by atoms with van der Waals surface area (Å²) in [6.07, 6.45) is 3.15. The first-order valence-electron chi connectivity index (χ1n) is 7.94. The molecule has 1 aliphatic rings. The van der Waals surface area contributed by atoms with E-state index in [9.17, 15) is 8.42 Å². The smallest absolute Gasteiger partial charge is 0.200 e. The highest BCUT2D eigenvalue weighted by molar-refractivity contribution is 7.89. The highest BCUT2D eigenvalue weighted by Gasteiger charge is 2.27. The van der Waals surface area contributed by atoms with Crippen molar-refractivity contribution in [3.8, 4) is 0 Å². The van der Waals surface area contributed by atoms with Crippen LogP contribution in [0.1, 0.15) is 45.6 Å². The third-order valence-electron chi connectivity index (χ3n) is 4.40. The first-order chi connectivity index (χ1) is 10.3. The van der Waals surface area contributed by atoms with Crippen molar-refractivity contribution in [2.45, 2.75) is 51.9 Å². The highest BCUT2D eigenvalue weighted by Crippen LogP contribution is 2.31. The van der Waals surface area contributed by atoms with Crippen molar-refractivity contribution in [2.75, 3.05) is 0 Å². The molecule has 2 atom stereocenters. The van der Waals surface area contributed by atoms with Crippen LogP contribution in [0.2, 0.25) is 0 Å². The molecular weight excluding hydrogens is 296 g/mol. The number of sulfonamides is 1. The predicted octanol–water partition coefficient (Wildman–Crippen LogP) is 3.72. The van der Waals surface area contributed by atoms with E-state index in [1.807, 2.05) is 6.92 Å². The Kier molecular flexibility index (Phi) is 5.27. The van der Waals surface area contributed by atoms with E-state index < -0.39 is 10.0 Å². The molecule has 0 spiro atoms. The van der Waals surface area contributed by atoms with E-state index in [-0.39, 0.29) is 4.90 Å². The van der Waals surface area contributed by atoms with E-state index in [0.29, 0.717) is 17.8 Å². The Morgan fingerprint density at radius 2 is 1.82 bits per heavy atom. The zero-order valence-electron chi connectivity index (χ0n) is 13.8. The summed E-state index contributed by atoms with van der Waals surface area (Å²) in [7, 11) is -3.58. The average Bonchev–Trinajstić information content (AvgIpc) is 2.45. The summed E-state index contributed by atoms with van der Waals surface area (Å²) < 4.78 is 24.7. The molecule has 0 aliphatic heterocycles. The Hall–Kier alpha value is -1.36. The first kappa shape index (κ1) is 17.0. The zero-order chi connectivity index (χ0) is 16.3. The molecule has 0 radical (unpaired) electrons. The maximum absolute atomic E-state index is 12.3. The van der Waals surface area contributed by atoms with Gasteiger partial charge in [-0.15, -0.1) is 0 Å². The molecule has 0 unspecified atom stereocenters. The van der Waals surface area contributed by atoms with Crippen LogP contribution in [0.3, 0.4) is 0 Å². The molecule has 4 nitrogen and oxygen atoms in total. The van der Waals surface area contributed by atoms with Gasteiger partial charge in [-0.05, 0) is 50.2 Å². The van der Waals surface area contributed by atoms with Gasteiger partial charge >= 0.3 is 0 Å². The first-order valence-corrected chi connectivity index (χ1v) is 9.43. The lowest BCUT2D eigenvalue weighted by molar-refractivity contribution is 0.363. The van der Waals surface area contributed by atoms with Gasteiger partial charge in [0.25, 0.3) is 10.0 Å². The van der Waals surface area contributed by atoms with Crippen molar-refractivity contribution < 1.29 is 8.42 Å². The molecular formula is C17H26N2O2S. The molecule has 22 heavy (non-hydrogen) atoms. The number of benzene rings is 1. The Bertz CT molecular complexity index is 633. The van der Waals surface area contributed by atoms with Crippen LogP contribution in [0.4, 0.5) is 0 Å². The maximum atomic E-state index is 12.3. The van der Waals surface area contributed by atoms with Gasteiger partial charge in [0.05, 0.1) is 4.90 Å². The second kappa shape index (κ2) is 6.82. The van der Waals surface area contributed by atoms with Crippen molar-refractivity contribution in [3.63, 3.8) is 0 Å². The van der Waals surface area contributed by atoms with E-state index in [0.717, 1.165) is 24.1 Å². The van der Waals surface area contributed by atoms with Crippen LogP contribution in [0.25, 0.3) is 0 Å². The van der Waals surface area contributed by atoms with Crippen molar-refractivity contribution >= 4 is 15.7 Å². The lowest BCUT2D eigenvalue weighted by Gasteiger charge is -2.30. The fourth-order valence-electron chi connectivity index (χ4n) is 2.98. The quantitative estimate of drug-likeness (QED) is 0.859. The largest absolute Gasteiger partial charge is 0.276 e. The molecule has 0 saturated heterocycles. The average molecular weight is 322 g/mol. The van der Waals surface area contributed by atoms with E-state index in [2.05, 4.69) is 30.7 Å². The Morgan fingerprint density at radius 1 is 1.18 bits per heavy atom. The van der Waals surface area contributed by atoms with Crippen LogP contribution in [0.5, 0.6) is 0 Å². The van der Waals surface area contributed by atoms with Crippen molar-refractivity contribution in [1.82, 2.24) is 4.83 Å². The molecule has 0 bridgehead atoms. The summed E-state index contributed by atoms with van der Waals surface area (Å²) in [5, 5.41) is 4.29. The van der Waals surface area contributed by atoms with Gasteiger partial charge in [0.15, 0.2) is 0 Å². The van der Waals surface area contributed by atoms with Gasteiger partial charge in [-0.1, -0.05) is 38.5 Å². The normalized spacial score (nSPS) is 24.7. The zero-order valence-corrected chi connectivity index (χ0v) is 14.7. The molecule has 1 N–H and O–H groups in total. The minimum absolute atomic E-state index is 0.257. The lowest BCUT2D eigenvalue weighted by Crippen LogP contribution is -2.31. The van der Waals surface area contributed by atoms with Gasteiger partial charge in [-0.3, -0.25) is 0 Å². The van der Waals surface area contributed by atoms with Gasteiger partial charge in [-0.25, -0.2) is 4.83 Å². The number of hydrogen-bond donors (Lipinski definition) is 1. The minimum atomic E-state index is -3.58. The molecule has 1 aliphatic carbocycles. The molecule has 1 aromatic rings. The molecule has 0 amide bonds. The molecule has 122 valence electrons. The summed E-state index contributed by atoms with van der Waals surface area (Å²) in [5.41, 5.74) is 2.02. The van der Waals surface area contributed by atoms with Gasteiger partial charge in [0.1, 0.15) is 0 Å². The van der Waals surface area contributed by atoms with E-state index in [1.165, 1.54) is 6.42 Å². The predicted molar refractivity (Wildman–Crippen MR) is 90.3 cm³/mol. The molecule has 0 aromatic heterocycles. The van der Waals surface area contributed by atoms with Crippen LogP contribution in [0, 0.1) is 24.7 Å². The fourth-order valence-corrected chi connectivity index (χ4v) is 3.81. The number of nitrogens with zero attached hydrogens (tertiary/aromatic N) is 1. The number of nitrogens with one attached hydrogen (secondary N) is 1. The summed E-state index contributed by atoms with van der Waals surface area (Å²) >= 11 is 0. The lowest BCUT2D eigenvalue weighted by atomic mass is 9.76. The number of hydrazone groups is 1. The molecule has 1 aromatic carbocycles. The highest BCUT2D eigenvalue weighted by atomic mass is 32.2. The molecule has 1 fully saturated rings. The molecule has 0 heterocycles. The minimum Gasteiger partial charge on any atom is -0.200 e. The fraction of sp³-hybridized carbons (Fsp3) is 0.588. The summed E-state index contributed by atoms with van der Waals surface area (Å²) in [6, 6.07) is 6.81. The van der Waals surface area contributed by atoms with Gasteiger partial charge < -0.3 is 0 Å². The SMILES string of the molecule is Cc1ccc(S(=O)(=O)N/N=C2\C[C@H](C)CC[C@@H]2C(C)C)cc1. The number of hydrogen-bond acceptors (Lipinski definition) is 3. The Morgan fingerprint density at radius 3 is 2.41 bits per heavy atom. The van der Waals surface area contributed by atoms with Crippen molar-refractivity contribution in [2.24, 2.45) is 22.9 Å². The third kappa shape index (κ3) is 4.09. The topological polar surface area (TPSA) is 58.5 Å².